The first kappa shape index (κ1) is 17.2. The standard InChI is InChI=1S/C19H21NO5S/c1-12-6-16(23-3)7-13(2)19(12)26(21,22)20-5-4-14-8-17-18(25-11-24-17)9-15(14)10-20/h6-9H,4-5,10-11H2,1-3H3. The van der Waals surface area contributed by atoms with Gasteiger partial charge in [-0.05, 0) is 66.8 Å². The Kier molecular flexibility index (Phi) is 4.08. The number of fused-ring (bicyclic) bond motifs is 2. The minimum atomic E-state index is -3.60. The number of hydrogen-bond acceptors (Lipinski definition) is 5. The zero-order valence-electron chi connectivity index (χ0n) is 15.0. The Balaban J connectivity index is 1.70. The van der Waals surface area contributed by atoms with E-state index < -0.39 is 10.0 Å². The van der Waals surface area contributed by atoms with E-state index >= 15 is 0 Å². The summed E-state index contributed by atoms with van der Waals surface area (Å²) in [7, 11) is -2.02. The van der Waals surface area contributed by atoms with Crippen molar-refractivity contribution in [3.63, 3.8) is 0 Å². The fourth-order valence-corrected chi connectivity index (χ4v) is 5.52. The molecule has 138 valence electrons. The van der Waals surface area contributed by atoms with Gasteiger partial charge in [-0.3, -0.25) is 0 Å². The predicted octanol–water partition coefficient (Wildman–Crippen LogP) is 2.79. The molecule has 2 aromatic rings. The van der Waals surface area contributed by atoms with E-state index in [0.717, 1.165) is 16.9 Å². The van der Waals surface area contributed by atoms with Crippen LogP contribution in [0.5, 0.6) is 17.2 Å². The largest absolute Gasteiger partial charge is 0.497 e. The number of sulfonamides is 1. The molecule has 7 heteroatoms. The van der Waals surface area contributed by atoms with Crippen LogP contribution in [0.25, 0.3) is 0 Å². The van der Waals surface area contributed by atoms with Crippen LogP contribution in [-0.2, 0) is 23.0 Å². The van der Waals surface area contributed by atoms with Crippen LogP contribution in [0.3, 0.4) is 0 Å². The molecule has 4 rings (SSSR count). The first-order valence-electron chi connectivity index (χ1n) is 8.47. The van der Waals surface area contributed by atoms with Crippen molar-refractivity contribution < 1.29 is 22.6 Å². The Labute approximate surface area is 153 Å². The molecule has 0 saturated carbocycles. The third kappa shape index (κ3) is 2.71. The quantitative estimate of drug-likeness (QED) is 0.825. The van der Waals surface area contributed by atoms with Crippen molar-refractivity contribution in [1.29, 1.82) is 0 Å². The molecular weight excluding hydrogens is 354 g/mol. The maximum atomic E-state index is 13.3. The van der Waals surface area contributed by atoms with E-state index in [1.54, 1.807) is 37.4 Å². The predicted molar refractivity (Wildman–Crippen MR) is 96.3 cm³/mol. The van der Waals surface area contributed by atoms with Gasteiger partial charge in [-0.2, -0.15) is 4.31 Å². The second-order valence-corrected chi connectivity index (χ2v) is 8.53. The zero-order chi connectivity index (χ0) is 18.5. The van der Waals surface area contributed by atoms with Crippen LogP contribution in [0.1, 0.15) is 22.3 Å². The van der Waals surface area contributed by atoms with Gasteiger partial charge in [0.2, 0.25) is 16.8 Å². The molecule has 0 fully saturated rings. The third-order valence-corrected chi connectivity index (χ3v) is 7.09. The molecule has 0 aromatic heterocycles. The smallest absolute Gasteiger partial charge is 0.243 e. The minimum Gasteiger partial charge on any atom is -0.497 e. The Morgan fingerprint density at radius 1 is 1.00 bits per heavy atom. The summed E-state index contributed by atoms with van der Waals surface area (Å²) in [5.74, 6) is 2.08. The summed E-state index contributed by atoms with van der Waals surface area (Å²) in [5.41, 5.74) is 3.47. The second-order valence-electron chi connectivity index (χ2n) is 6.65. The van der Waals surface area contributed by atoms with Crippen LogP contribution in [0, 0.1) is 13.8 Å². The summed E-state index contributed by atoms with van der Waals surface area (Å²) in [5, 5.41) is 0. The number of nitrogens with zero attached hydrogens (tertiary/aromatic N) is 1. The summed E-state index contributed by atoms with van der Waals surface area (Å²) < 4.78 is 44.2. The highest BCUT2D eigenvalue weighted by Gasteiger charge is 2.32. The third-order valence-electron chi connectivity index (χ3n) is 4.94. The highest BCUT2D eigenvalue weighted by molar-refractivity contribution is 7.89. The SMILES string of the molecule is COc1cc(C)c(S(=O)(=O)N2CCc3cc4c(cc3C2)OCO4)c(C)c1. The van der Waals surface area contributed by atoms with Crippen molar-refractivity contribution in [2.75, 3.05) is 20.4 Å². The van der Waals surface area contributed by atoms with Crippen molar-refractivity contribution >= 4 is 10.0 Å². The van der Waals surface area contributed by atoms with Crippen molar-refractivity contribution in [3.8, 4) is 17.2 Å². The van der Waals surface area contributed by atoms with Gasteiger partial charge in [0.05, 0.1) is 12.0 Å². The van der Waals surface area contributed by atoms with Gasteiger partial charge in [0.25, 0.3) is 0 Å². The van der Waals surface area contributed by atoms with E-state index in [1.807, 2.05) is 12.1 Å². The number of aryl methyl sites for hydroxylation is 2. The highest BCUT2D eigenvalue weighted by Crippen LogP contribution is 2.38. The fourth-order valence-electron chi connectivity index (χ4n) is 3.69. The van der Waals surface area contributed by atoms with Gasteiger partial charge in [-0.15, -0.1) is 0 Å². The normalized spacial score (nSPS) is 16.4. The van der Waals surface area contributed by atoms with Crippen LogP contribution in [0.15, 0.2) is 29.2 Å². The zero-order valence-corrected chi connectivity index (χ0v) is 15.9. The molecule has 0 aliphatic carbocycles. The van der Waals surface area contributed by atoms with Gasteiger partial charge in [0, 0.05) is 13.1 Å². The van der Waals surface area contributed by atoms with Crippen molar-refractivity contribution in [1.82, 2.24) is 4.31 Å². The van der Waals surface area contributed by atoms with Crippen molar-refractivity contribution in [3.05, 3.63) is 46.5 Å². The van der Waals surface area contributed by atoms with Gasteiger partial charge >= 0.3 is 0 Å². The lowest BCUT2D eigenvalue weighted by atomic mass is 10.0. The molecule has 2 heterocycles. The minimum absolute atomic E-state index is 0.213. The number of rotatable bonds is 3. The first-order chi connectivity index (χ1) is 12.4. The summed E-state index contributed by atoms with van der Waals surface area (Å²) in [6.07, 6.45) is 0.652. The lowest BCUT2D eigenvalue weighted by Crippen LogP contribution is -2.36. The van der Waals surface area contributed by atoms with Crippen LogP contribution in [-0.4, -0.2) is 33.2 Å². The monoisotopic (exact) mass is 375 g/mol. The Morgan fingerprint density at radius 2 is 1.62 bits per heavy atom. The van der Waals surface area contributed by atoms with Crippen LogP contribution in [0.4, 0.5) is 0 Å². The van der Waals surface area contributed by atoms with Gasteiger partial charge in [0.1, 0.15) is 5.75 Å². The summed E-state index contributed by atoms with van der Waals surface area (Å²) in [6.45, 7) is 4.60. The number of hydrogen-bond donors (Lipinski definition) is 0. The molecule has 2 aliphatic heterocycles. The van der Waals surface area contributed by atoms with E-state index in [4.69, 9.17) is 14.2 Å². The van der Waals surface area contributed by atoms with Crippen LogP contribution >= 0.6 is 0 Å². The Hall–Kier alpha value is -2.25. The summed E-state index contributed by atoms with van der Waals surface area (Å²) in [6, 6.07) is 7.38. The van der Waals surface area contributed by atoms with Gasteiger partial charge in [0.15, 0.2) is 11.5 Å². The fraction of sp³-hybridized carbons (Fsp3) is 0.368. The van der Waals surface area contributed by atoms with Crippen LogP contribution in [0.2, 0.25) is 0 Å². The Bertz CT molecular complexity index is 961. The average Bonchev–Trinajstić information content (AvgIpc) is 3.05. The number of benzene rings is 2. The molecule has 2 aliphatic rings. The molecule has 6 nitrogen and oxygen atoms in total. The lowest BCUT2D eigenvalue weighted by Gasteiger charge is -2.29. The molecule has 0 spiro atoms. The molecule has 0 atom stereocenters. The van der Waals surface area contributed by atoms with E-state index in [0.29, 0.717) is 47.0 Å². The number of ether oxygens (including phenoxy) is 3. The molecule has 0 bridgehead atoms. The maximum Gasteiger partial charge on any atom is 0.243 e. The molecule has 0 amide bonds. The molecule has 0 N–H and O–H groups in total. The van der Waals surface area contributed by atoms with E-state index in [9.17, 15) is 8.42 Å². The topological polar surface area (TPSA) is 65.1 Å². The second kappa shape index (κ2) is 6.17. The van der Waals surface area contributed by atoms with Gasteiger partial charge in [-0.1, -0.05) is 0 Å². The Morgan fingerprint density at radius 3 is 2.23 bits per heavy atom. The molecule has 0 radical (unpaired) electrons. The van der Waals surface area contributed by atoms with E-state index in [1.165, 1.54) is 0 Å². The van der Waals surface area contributed by atoms with Crippen LogP contribution < -0.4 is 14.2 Å². The molecule has 0 unspecified atom stereocenters. The highest BCUT2D eigenvalue weighted by atomic mass is 32.2. The number of methoxy groups -OCH3 is 1. The van der Waals surface area contributed by atoms with Gasteiger partial charge in [-0.25, -0.2) is 8.42 Å². The molecule has 0 saturated heterocycles. The average molecular weight is 375 g/mol. The van der Waals surface area contributed by atoms with Crippen molar-refractivity contribution in [2.24, 2.45) is 0 Å². The van der Waals surface area contributed by atoms with Gasteiger partial charge < -0.3 is 14.2 Å². The molecule has 26 heavy (non-hydrogen) atoms. The summed E-state index contributed by atoms with van der Waals surface area (Å²) in [4.78, 5) is 0.363. The molecular formula is C19H21NO5S. The van der Waals surface area contributed by atoms with E-state index in [-0.39, 0.29) is 6.79 Å². The van der Waals surface area contributed by atoms with Crippen molar-refractivity contribution in [2.45, 2.75) is 31.7 Å². The summed E-state index contributed by atoms with van der Waals surface area (Å²) >= 11 is 0. The van der Waals surface area contributed by atoms with E-state index in [2.05, 4.69) is 0 Å². The maximum absolute atomic E-state index is 13.3. The first-order valence-corrected chi connectivity index (χ1v) is 9.91. The molecule has 2 aromatic carbocycles. The lowest BCUT2D eigenvalue weighted by molar-refractivity contribution is 0.174.